The van der Waals surface area contributed by atoms with Crippen LogP contribution in [0.25, 0.3) is 11.3 Å². The van der Waals surface area contributed by atoms with E-state index >= 15 is 0 Å². The van der Waals surface area contributed by atoms with Crippen molar-refractivity contribution in [1.82, 2.24) is 15.3 Å². The number of aromatic nitrogens is 2. The molecule has 166 valence electrons. The quantitative estimate of drug-likeness (QED) is 0.571. The molecule has 0 radical (unpaired) electrons. The summed E-state index contributed by atoms with van der Waals surface area (Å²) < 4.78 is 29.7. The molecule has 0 saturated heterocycles. The third-order valence-corrected chi connectivity index (χ3v) is 6.98. The SMILES string of the molecule is CC(C)N1CCSc2c(F)cc(-c3nc(Nc4ccc5c(c4)CCNC5)ncc3F)cc21. The zero-order chi connectivity index (χ0) is 22.2. The van der Waals surface area contributed by atoms with Crippen molar-refractivity contribution in [1.29, 1.82) is 0 Å². The van der Waals surface area contributed by atoms with E-state index in [0.29, 0.717) is 10.5 Å². The van der Waals surface area contributed by atoms with E-state index in [1.165, 1.54) is 29.0 Å². The maximum atomic E-state index is 15.0. The first kappa shape index (κ1) is 21.2. The Morgan fingerprint density at radius 2 is 2.00 bits per heavy atom. The Hall–Kier alpha value is -2.71. The second kappa shape index (κ2) is 8.67. The van der Waals surface area contributed by atoms with Crippen molar-refractivity contribution in [2.24, 2.45) is 0 Å². The minimum Gasteiger partial charge on any atom is -0.367 e. The van der Waals surface area contributed by atoms with E-state index in [1.54, 1.807) is 0 Å². The lowest BCUT2D eigenvalue weighted by Gasteiger charge is -2.34. The van der Waals surface area contributed by atoms with Crippen LogP contribution in [0.15, 0.2) is 41.4 Å². The van der Waals surface area contributed by atoms with Crippen molar-refractivity contribution >= 4 is 29.1 Å². The smallest absolute Gasteiger partial charge is 0.227 e. The van der Waals surface area contributed by atoms with Gasteiger partial charge < -0.3 is 15.5 Å². The lowest BCUT2D eigenvalue weighted by Crippen LogP contribution is -2.35. The fourth-order valence-corrected chi connectivity index (χ4v) is 5.30. The number of thioether (sulfide) groups is 1. The van der Waals surface area contributed by atoms with Gasteiger partial charge in [0.2, 0.25) is 5.95 Å². The topological polar surface area (TPSA) is 53.1 Å². The lowest BCUT2D eigenvalue weighted by atomic mass is 10.0. The number of hydrogen-bond donors (Lipinski definition) is 2. The van der Waals surface area contributed by atoms with Gasteiger partial charge in [-0.25, -0.2) is 18.7 Å². The number of fused-ring (bicyclic) bond motifs is 2. The van der Waals surface area contributed by atoms with E-state index in [0.717, 1.165) is 49.4 Å². The maximum absolute atomic E-state index is 15.0. The van der Waals surface area contributed by atoms with Gasteiger partial charge in [-0.05, 0) is 62.2 Å². The lowest BCUT2D eigenvalue weighted by molar-refractivity contribution is 0.592. The van der Waals surface area contributed by atoms with Crippen LogP contribution in [0.3, 0.4) is 0 Å². The molecule has 0 bridgehead atoms. The molecule has 32 heavy (non-hydrogen) atoms. The van der Waals surface area contributed by atoms with Crippen LogP contribution >= 0.6 is 11.8 Å². The van der Waals surface area contributed by atoms with Crippen LogP contribution in [-0.4, -0.2) is 34.9 Å². The molecule has 2 aliphatic heterocycles. The molecule has 0 unspecified atom stereocenters. The van der Waals surface area contributed by atoms with Crippen LogP contribution < -0.4 is 15.5 Å². The first-order valence-corrected chi connectivity index (χ1v) is 11.8. The van der Waals surface area contributed by atoms with E-state index in [-0.39, 0.29) is 23.5 Å². The Labute approximate surface area is 190 Å². The minimum atomic E-state index is -0.578. The third kappa shape index (κ3) is 4.04. The molecule has 5 nitrogen and oxygen atoms in total. The number of benzene rings is 2. The van der Waals surface area contributed by atoms with Gasteiger partial charge in [0.15, 0.2) is 5.82 Å². The first-order chi connectivity index (χ1) is 15.5. The molecule has 0 atom stereocenters. The summed E-state index contributed by atoms with van der Waals surface area (Å²) in [6.45, 7) is 6.79. The highest BCUT2D eigenvalue weighted by atomic mass is 32.2. The fraction of sp³-hybridized carbons (Fsp3) is 0.333. The van der Waals surface area contributed by atoms with Crippen molar-refractivity contribution in [2.45, 2.75) is 37.8 Å². The Morgan fingerprint density at radius 1 is 1.12 bits per heavy atom. The number of nitrogens with zero attached hydrogens (tertiary/aromatic N) is 3. The monoisotopic (exact) mass is 453 g/mol. The van der Waals surface area contributed by atoms with E-state index in [9.17, 15) is 8.78 Å². The molecule has 2 aromatic carbocycles. The molecule has 2 N–H and O–H groups in total. The maximum Gasteiger partial charge on any atom is 0.227 e. The third-order valence-electron chi connectivity index (χ3n) is 5.90. The molecule has 0 amide bonds. The van der Waals surface area contributed by atoms with Gasteiger partial charge in [-0.3, -0.25) is 0 Å². The molecular weight excluding hydrogens is 428 g/mol. The second-order valence-corrected chi connectivity index (χ2v) is 9.47. The molecule has 8 heteroatoms. The van der Waals surface area contributed by atoms with Crippen molar-refractivity contribution < 1.29 is 8.78 Å². The highest BCUT2D eigenvalue weighted by Gasteiger charge is 2.25. The predicted molar refractivity (Wildman–Crippen MR) is 126 cm³/mol. The molecule has 5 rings (SSSR count). The fourth-order valence-electron chi connectivity index (χ4n) is 4.29. The van der Waals surface area contributed by atoms with Crippen molar-refractivity contribution in [3.05, 3.63) is 59.3 Å². The molecule has 0 spiro atoms. The summed E-state index contributed by atoms with van der Waals surface area (Å²) >= 11 is 1.50. The van der Waals surface area contributed by atoms with Crippen LogP contribution in [-0.2, 0) is 13.0 Å². The zero-order valence-corrected chi connectivity index (χ0v) is 18.9. The Balaban J connectivity index is 1.49. The van der Waals surface area contributed by atoms with Crippen molar-refractivity contribution in [2.75, 3.05) is 29.1 Å². The van der Waals surface area contributed by atoms with E-state index < -0.39 is 5.82 Å². The van der Waals surface area contributed by atoms with Gasteiger partial charge >= 0.3 is 0 Å². The van der Waals surface area contributed by atoms with Gasteiger partial charge in [0, 0.05) is 36.1 Å². The van der Waals surface area contributed by atoms with Gasteiger partial charge in [-0.1, -0.05) is 6.07 Å². The molecule has 1 aromatic heterocycles. The van der Waals surface area contributed by atoms with Crippen LogP contribution in [0.4, 0.5) is 26.1 Å². The zero-order valence-electron chi connectivity index (χ0n) is 18.1. The highest BCUT2D eigenvalue weighted by molar-refractivity contribution is 7.99. The number of nitrogens with one attached hydrogen (secondary N) is 2. The van der Waals surface area contributed by atoms with Gasteiger partial charge in [-0.15, -0.1) is 11.8 Å². The normalized spacial score (nSPS) is 15.5. The first-order valence-electron chi connectivity index (χ1n) is 10.8. The number of hydrogen-bond acceptors (Lipinski definition) is 6. The molecule has 2 aliphatic rings. The Morgan fingerprint density at radius 3 is 2.84 bits per heavy atom. The van der Waals surface area contributed by atoms with E-state index in [4.69, 9.17) is 0 Å². The molecule has 0 aliphatic carbocycles. The van der Waals surface area contributed by atoms with E-state index in [1.807, 2.05) is 12.1 Å². The Kier molecular flexibility index (Phi) is 5.73. The Bertz CT molecular complexity index is 1170. The number of halogens is 2. The molecule has 3 aromatic rings. The number of anilines is 3. The summed E-state index contributed by atoms with van der Waals surface area (Å²) in [5, 5.41) is 6.53. The number of rotatable bonds is 4. The largest absolute Gasteiger partial charge is 0.367 e. The summed E-state index contributed by atoms with van der Waals surface area (Å²) in [6.07, 6.45) is 2.10. The second-order valence-electron chi connectivity index (χ2n) is 8.37. The van der Waals surface area contributed by atoms with Crippen LogP contribution in [0.2, 0.25) is 0 Å². The van der Waals surface area contributed by atoms with Gasteiger partial charge in [0.1, 0.15) is 11.5 Å². The molecule has 3 heterocycles. The van der Waals surface area contributed by atoms with Crippen molar-refractivity contribution in [3.63, 3.8) is 0 Å². The van der Waals surface area contributed by atoms with Crippen LogP contribution in [0.5, 0.6) is 0 Å². The standard InChI is InChI=1S/C24H25F2N5S/c1-14(2)31-7-8-32-23-19(25)10-17(11-21(23)31)22-20(26)13-28-24(30-22)29-18-4-3-16-12-27-6-5-15(16)9-18/h3-4,9-11,13-14,27H,5-8,12H2,1-2H3,(H,28,29,30). The van der Waals surface area contributed by atoms with Crippen LogP contribution in [0, 0.1) is 11.6 Å². The minimum absolute atomic E-state index is 0.0886. The molecule has 0 saturated carbocycles. The van der Waals surface area contributed by atoms with Crippen molar-refractivity contribution in [3.8, 4) is 11.3 Å². The predicted octanol–water partition coefficient (Wildman–Crippen LogP) is 5.13. The molecule has 0 fully saturated rings. The average Bonchev–Trinajstić information content (AvgIpc) is 2.79. The van der Waals surface area contributed by atoms with E-state index in [2.05, 4.69) is 51.5 Å². The summed E-state index contributed by atoms with van der Waals surface area (Å²) in [5.41, 5.74) is 4.70. The van der Waals surface area contributed by atoms with Gasteiger partial charge in [0.05, 0.1) is 16.8 Å². The summed E-state index contributed by atoms with van der Waals surface area (Å²) in [7, 11) is 0. The molecular formula is C24H25F2N5S. The summed E-state index contributed by atoms with van der Waals surface area (Å²) in [6, 6.07) is 9.55. The van der Waals surface area contributed by atoms with Crippen LogP contribution in [0.1, 0.15) is 25.0 Å². The summed E-state index contributed by atoms with van der Waals surface area (Å²) in [4.78, 5) is 11.3. The highest BCUT2D eigenvalue weighted by Crippen LogP contribution is 2.41. The average molecular weight is 454 g/mol. The van der Waals surface area contributed by atoms with Gasteiger partial charge in [0.25, 0.3) is 0 Å². The van der Waals surface area contributed by atoms with Gasteiger partial charge in [-0.2, -0.15) is 0 Å². The summed E-state index contributed by atoms with van der Waals surface area (Å²) in [5.74, 6) is 0.187.